The first-order valence-corrected chi connectivity index (χ1v) is 8.98. The third-order valence-corrected chi connectivity index (χ3v) is 4.44. The first kappa shape index (κ1) is 14.6. The Morgan fingerprint density at radius 2 is 0.824 bits per heavy atom. The highest BCUT2D eigenvalue weighted by molar-refractivity contribution is 14.1. The summed E-state index contributed by atoms with van der Waals surface area (Å²) in [7, 11) is 0. The van der Waals surface area contributed by atoms with Crippen LogP contribution in [0, 0.1) is 14.3 Å². The van der Waals surface area contributed by atoms with Crippen molar-refractivity contribution in [3.05, 3.63) is 50.7 Å². The molecular formula is C12H6I4N. The monoisotopic (exact) mass is 672 g/mol. The predicted octanol–water partition coefficient (Wildman–Crippen LogP) is 5.67. The van der Waals surface area contributed by atoms with E-state index in [2.05, 4.69) is 132 Å². The molecule has 0 aliphatic rings. The molecule has 0 atom stereocenters. The van der Waals surface area contributed by atoms with Crippen LogP contribution in [0.15, 0.2) is 36.4 Å². The molecule has 0 fully saturated rings. The first-order chi connectivity index (χ1) is 8.02. The third kappa shape index (κ3) is 4.64. The van der Waals surface area contributed by atoms with Gasteiger partial charge in [-0.2, -0.15) is 0 Å². The van der Waals surface area contributed by atoms with Crippen molar-refractivity contribution in [1.82, 2.24) is 5.32 Å². The van der Waals surface area contributed by atoms with Crippen molar-refractivity contribution < 1.29 is 0 Å². The zero-order valence-electron chi connectivity index (χ0n) is 8.42. The molecule has 1 nitrogen and oxygen atoms in total. The van der Waals surface area contributed by atoms with Crippen LogP contribution in [-0.4, -0.2) is 0 Å². The normalized spacial score (nSPS) is 10.4. The Kier molecular flexibility index (Phi) is 5.61. The van der Waals surface area contributed by atoms with E-state index in [4.69, 9.17) is 0 Å². The zero-order chi connectivity index (χ0) is 12.4. The molecule has 87 valence electrons. The quantitative estimate of drug-likeness (QED) is 0.366. The molecule has 0 heterocycles. The second-order valence-corrected chi connectivity index (χ2v) is 8.35. The van der Waals surface area contributed by atoms with Crippen LogP contribution in [0.1, 0.15) is 0 Å². The van der Waals surface area contributed by atoms with E-state index in [1.54, 1.807) is 0 Å². The van der Waals surface area contributed by atoms with E-state index in [0.29, 0.717) is 0 Å². The molecule has 0 aliphatic heterocycles. The van der Waals surface area contributed by atoms with Gasteiger partial charge in [-0.1, -0.05) is 0 Å². The molecule has 17 heavy (non-hydrogen) atoms. The topological polar surface area (TPSA) is 14.1 Å². The van der Waals surface area contributed by atoms with Crippen molar-refractivity contribution >= 4 is 102 Å². The summed E-state index contributed by atoms with van der Waals surface area (Å²) in [5.74, 6) is 0. The summed E-state index contributed by atoms with van der Waals surface area (Å²) in [6.45, 7) is 0. The molecule has 5 heteroatoms. The number of rotatable bonds is 2. The van der Waals surface area contributed by atoms with Crippen molar-refractivity contribution in [2.75, 3.05) is 0 Å². The average molecular weight is 672 g/mol. The molecule has 2 rings (SSSR count). The summed E-state index contributed by atoms with van der Waals surface area (Å²) in [4.78, 5) is 0. The highest BCUT2D eigenvalue weighted by atomic mass is 127. The van der Waals surface area contributed by atoms with Gasteiger partial charge in [0.2, 0.25) is 0 Å². The molecule has 0 N–H and O–H groups in total. The number of benzene rings is 2. The zero-order valence-corrected chi connectivity index (χ0v) is 17.1. The highest BCUT2D eigenvalue weighted by Crippen LogP contribution is 2.25. The van der Waals surface area contributed by atoms with Crippen LogP contribution >= 0.6 is 90.4 Å². The number of hydrogen-bond donors (Lipinski definition) is 0. The summed E-state index contributed by atoms with van der Waals surface area (Å²) in [6.07, 6.45) is 0. The number of hydrogen-bond acceptors (Lipinski definition) is 0. The summed E-state index contributed by atoms with van der Waals surface area (Å²) >= 11 is 9.28. The molecule has 0 saturated carbocycles. The number of nitrogens with zero attached hydrogens (tertiary/aromatic N) is 1. The van der Waals surface area contributed by atoms with Gasteiger partial charge in [-0.15, -0.1) is 0 Å². The molecular weight excluding hydrogens is 666 g/mol. The molecule has 0 amide bonds. The Hall–Kier alpha value is 1.16. The maximum Gasteiger partial charge on any atom is 0.0658 e. The molecule has 0 bridgehead atoms. The molecule has 2 aromatic carbocycles. The molecule has 1 radical (unpaired) electrons. The van der Waals surface area contributed by atoms with Crippen molar-refractivity contribution in [3.63, 3.8) is 0 Å². The molecule has 0 saturated heterocycles. The Morgan fingerprint density at radius 1 is 0.529 bits per heavy atom. The van der Waals surface area contributed by atoms with Gasteiger partial charge in [0.15, 0.2) is 0 Å². The summed E-state index contributed by atoms with van der Waals surface area (Å²) in [5.41, 5.74) is 2.03. The van der Waals surface area contributed by atoms with Crippen LogP contribution in [0.5, 0.6) is 0 Å². The summed E-state index contributed by atoms with van der Waals surface area (Å²) in [5, 5.41) is 4.67. The van der Waals surface area contributed by atoms with E-state index in [9.17, 15) is 0 Å². The summed E-state index contributed by atoms with van der Waals surface area (Å²) in [6, 6.07) is 12.6. The van der Waals surface area contributed by atoms with Gasteiger partial charge >= 0.3 is 0 Å². The molecule has 0 aliphatic carbocycles. The second-order valence-electron chi connectivity index (χ2n) is 3.37. The van der Waals surface area contributed by atoms with E-state index in [-0.39, 0.29) is 0 Å². The van der Waals surface area contributed by atoms with E-state index >= 15 is 0 Å². The van der Waals surface area contributed by atoms with Crippen LogP contribution in [0.25, 0.3) is 0 Å². The number of halogens is 4. The van der Waals surface area contributed by atoms with Crippen LogP contribution in [0.4, 0.5) is 11.4 Å². The maximum absolute atomic E-state index is 4.67. The standard InChI is InChI=1S/C12H6I4N/c13-7-1-8(14)4-11(3-7)17-12-5-9(15)2-10(16)6-12/h1-6H. The van der Waals surface area contributed by atoms with Gasteiger partial charge in [-0.25, -0.2) is 5.32 Å². The molecule has 0 spiro atoms. The summed E-state index contributed by atoms with van der Waals surface area (Å²) < 4.78 is 4.87. The van der Waals surface area contributed by atoms with Crippen LogP contribution in [0.2, 0.25) is 0 Å². The molecule has 0 unspecified atom stereocenters. The van der Waals surface area contributed by atoms with Crippen LogP contribution in [0.3, 0.4) is 0 Å². The van der Waals surface area contributed by atoms with E-state index in [1.165, 1.54) is 14.3 Å². The molecule has 2 aromatic rings. The second kappa shape index (κ2) is 6.55. The fraction of sp³-hybridized carbons (Fsp3) is 0. The first-order valence-electron chi connectivity index (χ1n) is 4.67. The highest BCUT2D eigenvalue weighted by Gasteiger charge is 2.02. The fourth-order valence-electron chi connectivity index (χ4n) is 1.36. The van der Waals surface area contributed by atoms with Gasteiger partial charge in [0.05, 0.1) is 11.4 Å². The lowest BCUT2D eigenvalue weighted by Gasteiger charge is -2.06. The lowest BCUT2D eigenvalue weighted by atomic mass is 10.3. The lowest BCUT2D eigenvalue weighted by molar-refractivity contribution is 1.17. The maximum atomic E-state index is 4.67. The van der Waals surface area contributed by atoms with Crippen molar-refractivity contribution in [2.45, 2.75) is 0 Å². The SMILES string of the molecule is Ic1cc(I)cc([N]c2cc(I)cc(I)c2)c1. The van der Waals surface area contributed by atoms with Gasteiger partial charge in [0.25, 0.3) is 0 Å². The minimum absolute atomic E-state index is 1.01. The van der Waals surface area contributed by atoms with Crippen molar-refractivity contribution in [3.8, 4) is 0 Å². The third-order valence-electron chi connectivity index (χ3n) is 1.95. The lowest BCUT2D eigenvalue weighted by Crippen LogP contribution is -1.92. The Morgan fingerprint density at radius 3 is 1.12 bits per heavy atom. The van der Waals surface area contributed by atoms with Gasteiger partial charge in [0.1, 0.15) is 0 Å². The van der Waals surface area contributed by atoms with E-state index < -0.39 is 0 Å². The minimum Gasteiger partial charge on any atom is -0.249 e. The minimum atomic E-state index is 1.01. The van der Waals surface area contributed by atoms with Gasteiger partial charge < -0.3 is 0 Å². The van der Waals surface area contributed by atoms with Gasteiger partial charge in [-0.3, -0.25) is 0 Å². The van der Waals surface area contributed by atoms with Gasteiger partial charge in [0, 0.05) is 14.3 Å². The average Bonchev–Trinajstić information content (AvgIpc) is 2.13. The largest absolute Gasteiger partial charge is 0.249 e. The van der Waals surface area contributed by atoms with Crippen molar-refractivity contribution in [1.29, 1.82) is 0 Å². The Labute approximate surface area is 155 Å². The Balaban J connectivity index is 2.31. The van der Waals surface area contributed by atoms with Gasteiger partial charge in [-0.05, 0) is 127 Å². The predicted molar refractivity (Wildman–Crippen MR) is 105 cm³/mol. The fourth-order valence-corrected chi connectivity index (χ4v) is 5.17. The Bertz CT molecular complexity index is 464. The van der Waals surface area contributed by atoms with Crippen molar-refractivity contribution in [2.24, 2.45) is 0 Å². The smallest absolute Gasteiger partial charge is 0.0658 e. The van der Waals surface area contributed by atoms with E-state index in [0.717, 1.165) is 11.4 Å². The van der Waals surface area contributed by atoms with E-state index in [1.807, 2.05) is 0 Å². The molecule has 0 aromatic heterocycles. The van der Waals surface area contributed by atoms with Crippen LogP contribution < -0.4 is 5.32 Å². The van der Waals surface area contributed by atoms with Crippen LogP contribution in [-0.2, 0) is 0 Å².